The van der Waals surface area contributed by atoms with Crippen molar-refractivity contribution in [2.24, 2.45) is 0 Å². The van der Waals surface area contributed by atoms with Crippen LogP contribution in [-0.2, 0) is 5.41 Å². The summed E-state index contributed by atoms with van der Waals surface area (Å²) in [5.41, 5.74) is 1.18. The van der Waals surface area contributed by atoms with Crippen molar-refractivity contribution in [3.05, 3.63) is 43.2 Å². The number of amides is 1. The number of nitrogens with zero attached hydrogens (tertiary/aromatic N) is 3. The molecule has 0 saturated carbocycles. The molecule has 1 aliphatic heterocycles. The quantitative estimate of drug-likeness (QED) is 0.584. The van der Waals surface area contributed by atoms with Crippen LogP contribution < -0.4 is 0 Å². The van der Waals surface area contributed by atoms with Crippen molar-refractivity contribution < 1.29 is 9.72 Å². The normalized spacial score (nSPS) is 16.2. The molecule has 1 aliphatic rings. The van der Waals surface area contributed by atoms with Crippen LogP contribution in [-0.4, -0.2) is 33.8 Å². The molecule has 2 aromatic heterocycles. The highest BCUT2D eigenvalue weighted by molar-refractivity contribution is 7.17. The summed E-state index contributed by atoms with van der Waals surface area (Å²) in [4.78, 5) is 29.9. The van der Waals surface area contributed by atoms with Gasteiger partial charge in [-0.3, -0.25) is 14.9 Å². The number of carbonyl (C=O) groups excluding carboxylic acids is 1. The minimum absolute atomic E-state index is 0.00994. The molecular weight excluding hydrogens is 358 g/mol. The third-order valence-corrected chi connectivity index (χ3v) is 6.44. The van der Waals surface area contributed by atoms with Crippen LogP contribution in [0, 0.1) is 10.1 Å². The van der Waals surface area contributed by atoms with Crippen molar-refractivity contribution in [2.45, 2.75) is 44.9 Å². The average molecular weight is 380 g/mol. The van der Waals surface area contributed by atoms with Gasteiger partial charge in [-0.1, -0.05) is 32.1 Å². The third-order valence-electron chi connectivity index (χ3n) is 4.40. The lowest BCUT2D eigenvalue weighted by molar-refractivity contribution is -0.380. The van der Waals surface area contributed by atoms with Crippen molar-refractivity contribution in [1.82, 2.24) is 9.88 Å². The molecule has 8 heteroatoms. The number of piperidine rings is 1. The fraction of sp³-hybridized carbons (Fsp3) is 0.529. The summed E-state index contributed by atoms with van der Waals surface area (Å²) in [5.74, 6) is 0.286. The van der Waals surface area contributed by atoms with Gasteiger partial charge in [0.25, 0.3) is 5.91 Å². The van der Waals surface area contributed by atoms with Crippen molar-refractivity contribution in [2.75, 3.05) is 13.1 Å². The van der Waals surface area contributed by atoms with Crippen LogP contribution in [0.25, 0.3) is 0 Å². The van der Waals surface area contributed by atoms with Gasteiger partial charge in [0, 0.05) is 35.9 Å². The summed E-state index contributed by atoms with van der Waals surface area (Å²) in [6, 6.07) is 2.95. The first-order chi connectivity index (χ1) is 11.8. The fourth-order valence-corrected chi connectivity index (χ4v) is 4.85. The maximum atomic E-state index is 12.5. The number of thiophene rings is 1. The van der Waals surface area contributed by atoms with E-state index in [2.05, 4.69) is 26.2 Å². The Kier molecular flexibility index (Phi) is 4.92. The van der Waals surface area contributed by atoms with Gasteiger partial charge in [-0.05, 0) is 18.9 Å². The summed E-state index contributed by atoms with van der Waals surface area (Å²) in [5, 5.41) is 14.1. The molecule has 0 unspecified atom stereocenters. The van der Waals surface area contributed by atoms with E-state index in [0.29, 0.717) is 23.9 Å². The Hall–Kier alpha value is -1.80. The van der Waals surface area contributed by atoms with Gasteiger partial charge in [0.1, 0.15) is 0 Å². The molecule has 0 radical (unpaired) electrons. The second-order valence-electron chi connectivity index (χ2n) is 7.28. The van der Waals surface area contributed by atoms with Crippen LogP contribution in [0.2, 0.25) is 0 Å². The molecule has 0 aliphatic carbocycles. The van der Waals surface area contributed by atoms with E-state index in [-0.39, 0.29) is 16.3 Å². The zero-order chi connectivity index (χ0) is 18.2. The van der Waals surface area contributed by atoms with E-state index in [1.165, 1.54) is 6.07 Å². The number of thiazole rings is 1. The summed E-state index contributed by atoms with van der Waals surface area (Å²) in [7, 11) is 0. The molecule has 0 atom stereocenters. The molecule has 134 valence electrons. The highest BCUT2D eigenvalue weighted by Gasteiger charge is 2.28. The van der Waals surface area contributed by atoms with Crippen LogP contribution in [0.15, 0.2) is 17.5 Å². The number of likely N-dealkylation sites (tertiary alicyclic amines) is 1. The number of nitro groups is 1. The molecule has 25 heavy (non-hydrogen) atoms. The first kappa shape index (κ1) is 18.0. The Morgan fingerprint density at radius 3 is 2.52 bits per heavy atom. The zero-order valence-electron chi connectivity index (χ0n) is 14.5. The molecule has 0 aromatic carbocycles. The van der Waals surface area contributed by atoms with E-state index in [1.807, 2.05) is 0 Å². The predicted molar refractivity (Wildman–Crippen MR) is 99.7 cm³/mol. The lowest BCUT2D eigenvalue weighted by Crippen LogP contribution is -2.37. The van der Waals surface area contributed by atoms with Crippen LogP contribution >= 0.6 is 22.7 Å². The van der Waals surface area contributed by atoms with Gasteiger partial charge in [-0.25, -0.2) is 4.98 Å². The largest absolute Gasteiger partial charge is 0.338 e. The number of aromatic nitrogens is 1. The Morgan fingerprint density at radius 1 is 1.32 bits per heavy atom. The maximum absolute atomic E-state index is 12.5. The molecule has 1 saturated heterocycles. The number of carbonyl (C=O) groups is 1. The van der Waals surface area contributed by atoms with Gasteiger partial charge < -0.3 is 4.90 Å². The van der Waals surface area contributed by atoms with Crippen LogP contribution in [0.4, 0.5) is 5.00 Å². The maximum Gasteiger partial charge on any atom is 0.324 e. The molecule has 1 amide bonds. The van der Waals surface area contributed by atoms with Crippen molar-refractivity contribution in [3.63, 3.8) is 0 Å². The molecule has 3 rings (SSSR count). The fourth-order valence-electron chi connectivity index (χ4n) is 2.85. The summed E-state index contributed by atoms with van der Waals surface area (Å²) < 4.78 is 0. The number of rotatable bonds is 3. The topological polar surface area (TPSA) is 76.3 Å². The van der Waals surface area contributed by atoms with Gasteiger partial charge in [0.2, 0.25) is 0 Å². The van der Waals surface area contributed by atoms with E-state index in [0.717, 1.165) is 34.9 Å². The Morgan fingerprint density at radius 2 is 2.00 bits per heavy atom. The van der Waals surface area contributed by atoms with Crippen molar-refractivity contribution >= 4 is 33.6 Å². The number of hydrogen-bond donors (Lipinski definition) is 0. The second-order valence-corrected chi connectivity index (χ2v) is 9.23. The molecule has 2 aromatic rings. The molecule has 0 spiro atoms. The van der Waals surface area contributed by atoms with E-state index in [4.69, 9.17) is 4.98 Å². The van der Waals surface area contributed by atoms with Crippen LogP contribution in [0.3, 0.4) is 0 Å². The summed E-state index contributed by atoms with van der Waals surface area (Å²) >= 11 is 2.65. The van der Waals surface area contributed by atoms with Crippen LogP contribution in [0.5, 0.6) is 0 Å². The minimum atomic E-state index is -0.455. The average Bonchev–Trinajstić information content (AvgIpc) is 3.23. The SMILES string of the molecule is CC(C)(C)c1csc(C2CCN(C(=O)c3ccc([N+](=O)[O-])s3)CC2)n1. The second kappa shape index (κ2) is 6.84. The molecule has 0 bridgehead atoms. The Labute approximate surface area is 154 Å². The van der Waals surface area contributed by atoms with Gasteiger partial charge in [0.05, 0.1) is 20.5 Å². The lowest BCUT2D eigenvalue weighted by atomic mass is 9.93. The smallest absolute Gasteiger partial charge is 0.324 e. The monoisotopic (exact) mass is 379 g/mol. The highest BCUT2D eigenvalue weighted by atomic mass is 32.1. The first-order valence-corrected chi connectivity index (χ1v) is 9.94. The molecule has 1 fully saturated rings. The lowest BCUT2D eigenvalue weighted by Gasteiger charge is -2.30. The summed E-state index contributed by atoms with van der Waals surface area (Å²) in [6.45, 7) is 7.81. The molecule has 0 N–H and O–H groups in total. The van der Waals surface area contributed by atoms with Gasteiger partial charge >= 0.3 is 5.00 Å². The molecule has 6 nitrogen and oxygen atoms in total. The number of hydrogen-bond acceptors (Lipinski definition) is 6. The van der Waals surface area contributed by atoms with Crippen molar-refractivity contribution in [3.8, 4) is 0 Å². The first-order valence-electron chi connectivity index (χ1n) is 8.25. The van der Waals surface area contributed by atoms with E-state index in [9.17, 15) is 14.9 Å². The van der Waals surface area contributed by atoms with E-state index < -0.39 is 4.92 Å². The third kappa shape index (κ3) is 3.90. The predicted octanol–water partition coefficient (Wildman–Crippen LogP) is 4.43. The Bertz CT molecular complexity index is 783. The van der Waals surface area contributed by atoms with E-state index >= 15 is 0 Å². The van der Waals surface area contributed by atoms with E-state index in [1.54, 1.807) is 22.3 Å². The zero-order valence-corrected chi connectivity index (χ0v) is 16.2. The van der Waals surface area contributed by atoms with Crippen molar-refractivity contribution in [1.29, 1.82) is 0 Å². The van der Waals surface area contributed by atoms with Gasteiger partial charge in [0.15, 0.2) is 0 Å². The molecular formula is C17H21N3O3S2. The summed E-state index contributed by atoms with van der Waals surface area (Å²) in [6.07, 6.45) is 1.77. The van der Waals surface area contributed by atoms with Gasteiger partial charge in [-0.2, -0.15) is 0 Å². The Balaban J connectivity index is 1.62. The standard InChI is InChI=1S/C17H21N3O3S2/c1-17(2,3)13-10-24-15(18-13)11-6-8-19(9-7-11)16(21)12-4-5-14(25-12)20(22)23/h4-5,10-11H,6-9H2,1-3H3. The van der Waals surface area contributed by atoms with Gasteiger partial charge in [-0.15, -0.1) is 11.3 Å². The van der Waals surface area contributed by atoms with Crippen LogP contribution in [0.1, 0.15) is 59.9 Å². The minimum Gasteiger partial charge on any atom is -0.338 e. The molecule has 3 heterocycles. The highest BCUT2D eigenvalue weighted by Crippen LogP contribution is 2.34.